The van der Waals surface area contributed by atoms with E-state index in [1.807, 2.05) is 35.8 Å². The van der Waals surface area contributed by atoms with Crippen LogP contribution in [0.1, 0.15) is 18.9 Å². The minimum absolute atomic E-state index is 0.265. The molecule has 1 atom stereocenters. The average molecular weight is 354 g/mol. The molecule has 1 heterocycles. The van der Waals surface area contributed by atoms with Crippen LogP contribution in [0.5, 0.6) is 0 Å². The van der Waals surface area contributed by atoms with E-state index < -0.39 is 9.84 Å². The molecule has 130 valence electrons. The smallest absolute Gasteiger partial charge is 0.208 e. The molecule has 0 aliphatic heterocycles. The van der Waals surface area contributed by atoms with Gasteiger partial charge in [-0.15, -0.1) is 0 Å². The summed E-state index contributed by atoms with van der Waals surface area (Å²) in [6.07, 6.45) is 3.82. The average Bonchev–Trinajstić information content (AvgIpc) is 2.94. The van der Waals surface area contributed by atoms with E-state index >= 15 is 0 Å². The van der Waals surface area contributed by atoms with Crippen molar-refractivity contribution in [3.8, 4) is 0 Å². The first-order valence-corrected chi connectivity index (χ1v) is 9.80. The first kappa shape index (κ1) is 17.4. The number of hydrogen-bond acceptors (Lipinski definition) is 3. The summed E-state index contributed by atoms with van der Waals surface area (Å²) in [5.74, 6) is 0.265. The number of aromatic nitrogens is 1. The van der Waals surface area contributed by atoms with Crippen LogP contribution in [0, 0.1) is 18.3 Å². The zero-order valence-corrected chi connectivity index (χ0v) is 15.3. The number of nitrogens with zero attached hydrogens (tertiary/aromatic N) is 1. The van der Waals surface area contributed by atoms with Gasteiger partial charge >= 0.3 is 0 Å². The van der Waals surface area contributed by atoms with Crippen molar-refractivity contribution < 1.29 is 8.42 Å². The number of nitrogens with one attached hydrogen (secondary N) is 1. The van der Waals surface area contributed by atoms with E-state index in [4.69, 9.17) is 5.41 Å². The van der Waals surface area contributed by atoms with E-state index in [-0.39, 0.29) is 5.92 Å². The monoisotopic (exact) mass is 354 g/mol. The van der Waals surface area contributed by atoms with Crippen molar-refractivity contribution in [2.24, 2.45) is 5.92 Å². The summed E-state index contributed by atoms with van der Waals surface area (Å²) in [6, 6.07) is 14.4. The summed E-state index contributed by atoms with van der Waals surface area (Å²) in [7, 11) is -3.57. The van der Waals surface area contributed by atoms with Crippen LogP contribution in [0.25, 0.3) is 10.9 Å². The number of sulfone groups is 1. The molecule has 0 spiro atoms. The van der Waals surface area contributed by atoms with Gasteiger partial charge in [0.05, 0.1) is 9.79 Å². The first-order valence-electron chi connectivity index (χ1n) is 8.32. The minimum atomic E-state index is -3.57. The Labute approximate surface area is 148 Å². The zero-order chi connectivity index (χ0) is 18.0. The number of fused-ring (bicyclic) bond motifs is 1. The molecular formula is C20H22N2O2S. The lowest BCUT2D eigenvalue weighted by atomic mass is 10.1. The molecule has 1 aromatic heterocycles. The van der Waals surface area contributed by atoms with Crippen LogP contribution in [-0.2, 0) is 16.4 Å². The molecule has 0 saturated carbocycles. The molecule has 3 rings (SSSR count). The van der Waals surface area contributed by atoms with Crippen LogP contribution in [-0.4, -0.2) is 19.2 Å². The van der Waals surface area contributed by atoms with Crippen molar-refractivity contribution >= 4 is 27.0 Å². The lowest BCUT2D eigenvalue weighted by Crippen LogP contribution is -2.07. The lowest BCUT2D eigenvalue weighted by molar-refractivity contribution is 0.509. The highest BCUT2D eigenvalue weighted by molar-refractivity contribution is 7.91. The Kier molecular flexibility index (Phi) is 4.77. The van der Waals surface area contributed by atoms with Gasteiger partial charge in [0.25, 0.3) is 0 Å². The Morgan fingerprint density at radius 1 is 1.16 bits per heavy atom. The molecule has 25 heavy (non-hydrogen) atoms. The summed E-state index contributed by atoms with van der Waals surface area (Å²) in [6.45, 7) is 4.75. The van der Waals surface area contributed by atoms with Gasteiger partial charge in [-0.2, -0.15) is 0 Å². The standard InChI is InChI=1S/C20H22N2O2S/c1-15-8-9-18-19(12-15)22(13-16(2)10-11-21)14-20(18)25(23,24)17-6-4-3-5-7-17/h3-9,11-12,14,16,21H,10,13H2,1-2H3. The summed E-state index contributed by atoms with van der Waals surface area (Å²) in [5.41, 5.74) is 2.02. The predicted octanol–water partition coefficient (Wildman–Crippen LogP) is 4.46. The number of hydrogen-bond donors (Lipinski definition) is 1. The molecule has 2 aromatic carbocycles. The third-order valence-corrected chi connectivity index (χ3v) is 6.17. The van der Waals surface area contributed by atoms with Gasteiger partial charge in [-0.3, -0.25) is 0 Å². The Morgan fingerprint density at radius 2 is 1.88 bits per heavy atom. The highest BCUT2D eigenvalue weighted by Gasteiger charge is 2.23. The van der Waals surface area contributed by atoms with Crippen molar-refractivity contribution in [3.63, 3.8) is 0 Å². The van der Waals surface area contributed by atoms with Gasteiger partial charge in [0.1, 0.15) is 0 Å². The molecule has 0 bridgehead atoms. The number of rotatable bonds is 6. The molecule has 4 nitrogen and oxygen atoms in total. The second kappa shape index (κ2) is 6.84. The second-order valence-corrected chi connectivity index (χ2v) is 8.45. The van der Waals surface area contributed by atoms with E-state index in [1.54, 1.807) is 30.5 Å². The number of aryl methyl sites for hydroxylation is 1. The molecule has 0 radical (unpaired) electrons. The fourth-order valence-corrected chi connectivity index (χ4v) is 4.57. The lowest BCUT2D eigenvalue weighted by Gasteiger charge is -2.11. The van der Waals surface area contributed by atoms with Gasteiger partial charge in [-0.1, -0.05) is 37.3 Å². The van der Waals surface area contributed by atoms with Crippen LogP contribution >= 0.6 is 0 Å². The number of benzene rings is 2. The predicted molar refractivity (Wildman–Crippen MR) is 101 cm³/mol. The van der Waals surface area contributed by atoms with Gasteiger partial charge in [0.15, 0.2) is 0 Å². The molecule has 1 N–H and O–H groups in total. The van der Waals surface area contributed by atoms with Crippen molar-refractivity contribution in [1.29, 1.82) is 5.41 Å². The van der Waals surface area contributed by atoms with Gasteiger partial charge < -0.3 is 9.98 Å². The van der Waals surface area contributed by atoms with E-state index in [2.05, 4.69) is 6.92 Å². The van der Waals surface area contributed by atoms with Crippen molar-refractivity contribution in [3.05, 3.63) is 60.3 Å². The third kappa shape index (κ3) is 3.37. The summed E-state index contributed by atoms with van der Waals surface area (Å²) in [5, 5.41) is 8.03. The topological polar surface area (TPSA) is 62.9 Å². The molecule has 0 saturated heterocycles. The zero-order valence-electron chi connectivity index (χ0n) is 14.4. The van der Waals surface area contributed by atoms with Gasteiger partial charge in [-0.05, 0) is 49.2 Å². The Bertz CT molecular complexity index is 1000. The molecule has 3 aromatic rings. The van der Waals surface area contributed by atoms with Crippen molar-refractivity contribution in [2.75, 3.05) is 0 Å². The Balaban J connectivity index is 2.18. The maximum absolute atomic E-state index is 13.1. The van der Waals surface area contributed by atoms with Gasteiger partial charge in [0, 0.05) is 23.6 Å². The van der Waals surface area contributed by atoms with Gasteiger partial charge in [0.2, 0.25) is 9.84 Å². The summed E-state index contributed by atoms with van der Waals surface area (Å²) < 4.78 is 28.2. The second-order valence-electron chi connectivity index (χ2n) is 6.53. The fourth-order valence-electron chi connectivity index (χ4n) is 3.07. The molecule has 5 heteroatoms. The largest absolute Gasteiger partial charge is 0.346 e. The summed E-state index contributed by atoms with van der Waals surface area (Å²) in [4.78, 5) is 0.651. The molecule has 1 unspecified atom stereocenters. The Hall–Kier alpha value is -2.40. The highest BCUT2D eigenvalue weighted by Crippen LogP contribution is 2.31. The van der Waals surface area contributed by atoms with E-state index in [9.17, 15) is 8.42 Å². The molecule has 0 aliphatic carbocycles. The Morgan fingerprint density at radius 3 is 2.56 bits per heavy atom. The van der Waals surface area contributed by atoms with Crippen LogP contribution in [0.15, 0.2) is 64.5 Å². The summed E-state index contributed by atoms with van der Waals surface area (Å²) >= 11 is 0. The molecule has 0 fully saturated rings. The van der Waals surface area contributed by atoms with Crippen molar-refractivity contribution in [2.45, 2.75) is 36.6 Å². The minimum Gasteiger partial charge on any atom is -0.346 e. The van der Waals surface area contributed by atoms with E-state index in [1.165, 1.54) is 6.21 Å². The maximum atomic E-state index is 13.1. The van der Waals surface area contributed by atoms with Crippen LogP contribution in [0.3, 0.4) is 0 Å². The van der Waals surface area contributed by atoms with Crippen molar-refractivity contribution in [1.82, 2.24) is 4.57 Å². The fraction of sp³-hybridized carbons (Fsp3) is 0.250. The van der Waals surface area contributed by atoms with Crippen LogP contribution < -0.4 is 0 Å². The van der Waals surface area contributed by atoms with Gasteiger partial charge in [-0.25, -0.2) is 8.42 Å². The van der Waals surface area contributed by atoms with E-state index in [0.717, 1.165) is 16.5 Å². The van der Waals surface area contributed by atoms with E-state index in [0.29, 0.717) is 22.8 Å². The third-order valence-electron chi connectivity index (χ3n) is 4.37. The maximum Gasteiger partial charge on any atom is 0.208 e. The quantitative estimate of drug-likeness (QED) is 0.664. The molecule has 0 aliphatic rings. The SMILES string of the molecule is Cc1ccc2c(S(=O)(=O)c3ccccc3)cn(CC(C)CC=N)c2c1. The molecule has 0 amide bonds. The van der Waals surface area contributed by atoms with Crippen LogP contribution in [0.4, 0.5) is 0 Å². The van der Waals surface area contributed by atoms with Crippen LogP contribution in [0.2, 0.25) is 0 Å². The molecular weight excluding hydrogens is 332 g/mol. The first-order chi connectivity index (χ1) is 11.9. The normalized spacial score (nSPS) is 13.0. The highest BCUT2D eigenvalue weighted by atomic mass is 32.2.